The van der Waals surface area contributed by atoms with Gasteiger partial charge < -0.3 is 5.32 Å². The minimum atomic E-state index is 0.501. The summed E-state index contributed by atoms with van der Waals surface area (Å²) in [4.78, 5) is 3.94. The highest BCUT2D eigenvalue weighted by molar-refractivity contribution is 5.45. The molecule has 1 heterocycles. The van der Waals surface area contributed by atoms with E-state index >= 15 is 0 Å². The van der Waals surface area contributed by atoms with Gasteiger partial charge in [0, 0.05) is 11.7 Å². The fourth-order valence-electron chi connectivity index (χ4n) is 2.26. The van der Waals surface area contributed by atoms with Gasteiger partial charge in [-0.05, 0) is 37.0 Å². The van der Waals surface area contributed by atoms with Crippen LogP contribution in [0.1, 0.15) is 32.8 Å². The molecule has 1 atom stereocenters. The minimum Gasteiger partial charge on any atom is -0.383 e. The number of hydrogen-bond donors (Lipinski definition) is 1. The van der Waals surface area contributed by atoms with Crippen molar-refractivity contribution in [1.29, 1.82) is 0 Å². The van der Waals surface area contributed by atoms with E-state index in [-0.39, 0.29) is 0 Å². The van der Waals surface area contributed by atoms with Gasteiger partial charge in [-0.2, -0.15) is 5.10 Å². The highest BCUT2D eigenvalue weighted by Crippen LogP contribution is 2.14. The number of anilines is 1. The first-order valence-electron chi connectivity index (χ1n) is 6.81. The second-order valence-electron chi connectivity index (χ2n) is 5.46. The Balaban J connectivity index is 1.91. The van der Waals surface area contributed by atoms with Crippen molar-refractivity contribution in [3.63, 3.8) is 0 Å². The van der Waals surface area contributed by atoms with Gasteiger partial charge in [-0.15, -0.1) is 0 Å². The minimum absolute atomic E-state index is 0.501. The van der Waals surface area contributed by atoms with E-state index < -0.39 is 0 Å². The molecule has 2 rings (SSSR count). The number of nitrogens with zero attached hydrogens (tertiary/aromatic N) is 3. The molecule has 4 nitrogen and oxygen atoms in total. The lowest BCUT2D eigenvalue weighted by Crippen LogP contribution is -2.17. The van der Waals surface area contributed by atoms with Crippen molar-refractivity contribution in [2.24, 2.45) is 5.92 Å². The lowest BCUT2D eigenvalue weighted by atomic mass is 10.0. The Hall–Kier alpha value is -1.84. The van der Waals surface area contributed by atoms with E-state index in [0.717, 1.165) is 6.54 Å². The zero-order valence-corrected chi connectivity index (χ0v) is 11.9. The fourth-order valence-corrected chi connectivity index (χ4v) is 2.26. The Morgan fingerprint density at radius 1 is 1.16 bits per heavy atom. The molecule has 102 valence electrons. The summed E-state index contributed by atoms with van der Waals surface area (Å²) in [5.74, 6) is 0.717. The van der Waals surface area contributed by atoms with Crippen LogP contribution in [-0.2, 0) is 6.54 Å². The first-order chi connectivity index (χ1) is 9.13. The number of aromatic nitrogens is 3. The average Bonchev–Trinajstić information content (AvgIpc) is 2.83. The Labute approximate surface area is 114 Å². The average molecular weight is 258 g/mol. The van der Waals surface area contributed by atoms with E-state index in [9.17, 15) is 0 Å². The van der Waals surface area contributed by atoms with Crippen molar-refractivity contribution < 1.29 is 0 Å². The van der Waals surface area contributed by atoms with Crippen LogP contribution in [0.5, 0.6) is 0 Å². The SMILES string of the molecule is CC(C)CC(C)Nc1ccc(Cn2cncn2)cc1. The standard InChI is InChI=1S/C15H22N4/c1-12(2)8-13(3)18-15-6-4-14(5-7-15)9-19-11-16-10-17-19/h4-7,10-13,18H,8-9H2,1-3H3. The topological polar surface area (TPSA) is 42.7 Å². The van der Waals surface area contributed by atoms with Crippen LogP contribution in [0.15, 0.2) is 36.9 Å². The normalized spacial score (nSPS) is 12.6. The molecule has 1 unspecified atom stereocenters. The van der Waals surface area contributed by atoms with Crippen LogP contribution in [0.25, 0.3) is 0 Å². The molecule has 0 bridgehead atoms. The maximum atomic E-state index is 4.10. The number of nitrogens with one attached hydrogen (secondary N) is 1. The van der Waals surface area contributed by atoms with Crippen molar-refractivity contribution in [3.8, 4) is 0 Å². The molecule has 0 amide bonds. The zero-order valence-electron chi connectivity index (χ0n) is 11.9. The van der Waals surface area contributed by atoms with Gasteiger partial charge in [-0.3, -0.25) is 0 Å². The van der Waals surface area contributed by atoms with Crippen molar-refractivity contribution in [2.45, 2.75) is 39.8 Å². The van der Waals surface area contributed by atoms with Crippen molar-refractivity contribution in [2.75, 3.05) is 5.32 Å². The molecule has 0 radical (unpaired) electrons. The molecule has 0 saturated carbocycles. The van der Waals surface area contributed by atoms with E-state index in [1.165, 1.54) is 17.7 Å². The number of rotatable bonds is 6. The van der Waals surface area contributed by atoms with Gasteiger partial charge >= 0.3 is 0 Å². The second-order valence-corrected chi connectivity index (χ2v) is 5.46. The van der Waals surface area contributed by atoms with E-state index in [1.807, 2.05) is 4.68 Å². The van der Waals surface area contributed by atoms with Crippen molar-refractivity contribution >= 4 is 5.69 Å². The molecule has 2 aromatic rings. The Morgan fingerprint density at radius 3 is 2.47 bits per heavy atom. The van der Waals surface area contributed by atoms with Crippen LogP contribution in [0.3, 0.4) is 0 Å². The molecule has 0 aliphatic heterocycles. The predicted octanol–water partition coefficient (Wildman–Crippen LogP) is 3.17. The summed E-state index contributed by atoms with van der Waals surface area (Å²) in [5, 5.41) is 7.63. The molecule has 4 heteroatoms. The van der Waals surface area contributed by atoms with Crippen LogP contribution in [0.2, 0.25) is 0 Å². The summed E-state index contributed by atoms with van der Waals surface area (Å²) in [6.45, 7) is 7.49. The van der Waals surface area contributed by atoms with Gasteiger partial charge in [0.05, 0.1) is 6.54 Å². The molecule has 1 N–H and O–H groups in total. The molecule has 1 aromatic carbocycles. The van der Waals surface area contributed by atoms with Gasteiger partial charge in [0.25, 0.3) is 0 Å². The molecule has 0 aliphatic carbocycles. The summed E-state index contributed by atoms with van der Waals surface area (Å²) in [5.41, 5.74) is 2.41. The van der Waals surface area contributed by atoms with Crippen LogP contribution in [0.4, 0.5) is 5.69 Å². The van der Waals surface area contributed by atoms with Gasteiger partial charge in [0.1, 0.15) is 12.7 Å². The third kappa shape index (κ3) is 4.39. The maximum absolute atomic E-state index is 4.10. The van der Waals surface area contributed by atoms with E-state index in [4.69, 9.17) is 0 Å². The van der Waals surface area contributed by atoms with Gasteiger partial charge in [-0.25, -0.2) is 9.67 Å². The van der Waals surface area contributed by atoms with E-state index in [1.54, 1.807) is 12.7 Å². The monoisotopic (exact) mass is 258 g/mol. The lowest BCUT2D eigenvalue weighted by Gasteiger charge is -2.17. The van der Waals surface area contributed by atoms with E-state index in [0.29, 0.717) is 12.0 Å². The highest BCUT2D eigenvalue weighted by Gasteiger charge is 2.04. The van der Waals surface area contributed by atoms with Crippen molar-refractivity contribution in [3.05, 3.63) is 42.5 Å². The molecule has 0 spiro atoms. The quantitative estimate of drug-likeness (QED) is 0.865. The molecular weight excluding hydrogens is 236 g/mol. The second kappa shape index (κ2) is 6.36. The first kappa shape index (κ1) is 13.6. The predicted molar refractivity (Wildman–Crippen MR) is 78.1 cm³/mol. The van der Waals surface area contributed by atoms with Crippen LogP contribution in [0, 0.1) is 5.92 Å². The van der Waals surface area contributed by atoms with Gasteiger partial charge in [0.15, 0.2) is 0 Å². The molecule has 0 aliphatic rings. The largest absolute Gasteiger partial charge is 0.383 e. The maximum Gasteiger partial charge on any atom is 0.137 e. The summed E-state index contributed by atoms with van der Waals surface area (Å²) in [6.07, 6.45) is 4.47. The Kier molecular flexibility index (Phi) is 4.55. The van der Waals surface area contributed by atoms with Gasteiger partial charge in [-0.1, -0.05) is 26.0 Å². The fraction of sp³-hybridized carbons (Fsp3) is 0.467. The Morgan fingerprint density at radius 2 is 1.89 bits per heavy atom. The third-order valence-electron chi connectivity index (χ3n) is 3.00. The van der Waals surface area contributed by atoms with Gasteiger partial charge in [0.2, 0.25) is 0 Å². The Bertz CT molecular complexity index is 473. The molecule has 1 aromatic heterocycles. The molecular formula is C15H22N4. The van der Waals surface area contributed by atoms with Crippen LogP contribution < -0.4 is 5.32 Å². The first-order valence-corrected chi connectivity index (χ1v) is 6.81. The summed E-state index contributed by atoms with van der Waals surface area (Å²) in [6, 6.07) is 9.02. The molecule has 19 heavy (non-hydrogen) atoms. The highest BCUT2D eigenvalue weighted by atomic mass is 15.3. The number of benzene rings is 1. The lowest BCUT2D eigenvalue weighted by molar-refractivity contribution is 0.540. The summed E-state index contributed by atoms with van der Waals surface area (Å²) in [7, 11) is 0. The van der Waals surface area contributed by atoms with Crippen LogP contribution in [-0.4, -0.2) is 20.8 Å². The summed E-state index contributed by atoms with van der Waals surface area (Å²) < 4.78 is 1.82. The van der Waals surface area contributed by atoms with E-state index in [2.05, 4.69) is 60.4 Å². The molecule has 0 saturated heterocycles. The smallest absolute Gasteiger partial charge is 0.137 e. The number of hydrogen-bond acceptors (Lipinski definition) is 3. The molecule has 0 fully saturated rings. The zero-order chi connectivity index (χ0) is 13.7. The van der Waals surface area contributed by atoms with Crippen molar-refractivity contribution in [1.82, 2.24) is 14.8 Å². The third-order valence-corrected chi connectivity index (χ3v) is 3.00. The van der Waals surface area contributed by atoms with Crippen LogP contribution >= 0.6 is 0 Å². The summed E-state index contributed by atoms with van der Waals surface area (Å²) >= 11 is 0.